The number of ether oxygens (including phenoxy) is 2. The van der Waals surface area contributed by atoms with E-state index in [0.29, 0.717) is 17.7 Å². The lowest BCUT2D eigenvalue weighted by atomic mass is 9.68. The highest BCUT2D eigenvalue weighted by atomic mass is 16.5. The molecule has 2 aliphatic rings. The number of nitrogens with one attached hydrogen (secondary N) is 1. The number of nitrogens with zero attached hydrogens (tertiary/aromatic N) is 1. The smallest absolute Gasteiger partial charge is 0.256 e. The summed E-state index contributed by atoms with van der Waals surface area (Å²) in [4.78, 5) is 4.73. The minimum absolute atomic E-state index is 0.206. The van der Waals surface area contributed by atoms with Gasteiger partial charge in [0.25, 0.3) is 5.88 Å². The molecule has 0 radical (unpaired) electrons. The zero-order valence-corrected chi connectivity index (χ0v) is 11.7. The molecule has 0 spiro atoms. The largest absolute Gasteiger partial charge is 0.491 e. The molecular formula is C15H22N2O2. The quantitative estimate of drug-likeness (QED) is 0.907. The Morgan fingerprint density at radius 2 is 2.11 bits per heavy atom. The fourth-order valence-electron chi connectivity index (χ4n) is 3.75. The number of hydrogen-bond donors (Lipinski definition) is 1. The molecule has 0 bridgehead atoms. The van der Waals surface area contributed by atoms with Crippen LogP contribution in [0.1, 0.15) is 37.8 Å². The number of fused-ring (bicyclic) bond motifs is 1. The average molecular weight is 262 g/mol. The third-order valence-corrected chi connectivity index (χ3v) is 4.74. The number of pyridine rings is 1. The molecule has 2 atom stereocenters. The standard InChI is InChI=1S/C15H22N2O2/c1-18-11-6-7-13(17-14(11)19-2)15-8-4-3-5-12(15)16-10-9-15/h6-7,12,16H,3-5,8-10H2,1-2H3/t12-,15?/m0/s1. The first-order chi connectivity index (χ1) is 9.30. The first-order valence-electron chi connectivity index (χ1n) is 7.13. The Balaban J connectivity index is 2.00. The molecule has 1 saturated heterocycles. The van der Waals surface area contributed by atoms with E-state index in [1.165, 1.54) is 37.8 Å². The van der Waals surface area contributed by atoms with Crippen LogP contribution >= 0.6 is 0 Å². The van der Waals surface area contributed by atoms with Gasteiger partial charge < -0.3 is 14.8 Å². The van der Waals surface area contributed by atoms with Crippen LogP contribution in [0.3, 0.4) is 0 Å². The normalized spacial score (nSPS) is 29.9. The van der Waals surface area contributed by atoms with E-state index in [4.69, 9.17) is 14.5 Å². The van der Waals surface area contributed by atoms with E-state index < -0.39 is 0 Å². The molecule has 0 amide bonds. The predicted octanol–water partition coefficient (Wildman–Crippen LogP) is 2.27. The Morgan fingerprint density at radius 3 is 2.89 bits per heavy atom. The van der Waals surface area contributed by atoms with Crippen LogP contribution in [0.2, 0.25) is 0 Å². The summed E-state index contributed by atoms with van der Waals surface area (Å²) in [5, 5.41) is 3.65. The molecule has 1 aromatic heterocycles. The molecule has 4 nitrogen and oxygen atoms in total. The summed E-state index contributed by atoms with van der Waals surface area (Å²) in [6, 6.07) is 4.68. The minimum atomic E-state index is 0.206. The fourth-order valence-corrected chi connectivity index (χ4v) is 3.75. The molecule has 4 heteroatoms. The summed E-state index contributed by atoms with van der Waals surface area (Å²) in [7, 11) is 3.30. The molecule has 1 N–H and O–H groups in total. The first-order valence-corrected chi connectivity index (χ1v) is 7.13. The molecule has 3 rings (SSSR count). The summed E-state index contributed by atoms with van der Waals surface area (Å²) >= 11 is 0. The number of rotatable bonds is 3. The highest BCUT2D eigenvalue weighted by molar-refractivity contribution is 5.38. The third kappa shape index (κ3) is 1.98. The lowest BCUT2D eigenvalue weighted by Crippen LogP contribution is -2.43. The lowest BCUT2D eigenvalue weighted by molar-refractivity contribution is 0.256. The molecule has 1 aliphatic heterocycles. The monoisotopic (exact) mass is 262 g/mol. The van der Waals surface area contributed by atoms with Gasteiger partial charge in [0.2, 0.25) is 0 Å². The zero-order chi connectivity index (χ0) is 13.3. The van der Waals surface area contributed by atoms with Crippen LogP contribution in [-0.4, -0.2) is 31.8 Å². The van der Waals surface area contributed by atoms with Crippen LogP contribution in [0.4, 0.5) is 0 Å². The summed E-state index contributed by atoms with van der Waals surface area (Å²) in [5.74, 6) is 1.31. The van der Waals surface area contributed by atoms with Gasteiger partial charge in [-0.05, 0) is 37.9 Å². The van der Waals surface area contributed by atoms with Crippen LogP contribution in [0.25, 0.3) is 0 Å². The second-order valence-corrected chi connectivity index (χ2v) is 5.57. The van der Waals surface area contributed by atoms with Gasteiger partial charge in [-0.2, -0.15) is 0 Å². The van der Waals surface area contributed by atoms with Crippen LogP contribution in [0, 0.1) is 0 Å². The highest BCUT2D eigenvalue weighted by Crippen LogP contribution is 2.45. The maximum Gasteiger partial charge on any atom is 0.256 e. The van der Waals surface area contributed by atoms with Gasteiger partial charge in [-0.1, -0.05) is 12.8 Å². The summed E-state index contributed by atoms with van der Waals surface area (Å²) in [5.41, 5.74) is 1.37. The fraction of sp³-hybridized carbons (Fsp3) is 0.667. The molecule has 104 valence electrons. The predicted molar refractivity (Wildman–Crippen MR) is 73.9 cm³/mol. The molecular weight excluding hydrogens is 240 g/mol. The van der Waals surface area contributed by atoms with Gasteiger partial charge in [0.05, 0.1) is 19.9 Å². The van der Waals surface area contributed by atoms with Gasteiger partial charge in [-0.3, -0.25) is 0 Å². The van der Waals surface area contributed by atoms with Crippen molar-refractivity contribution < 1.29 is 9.47 Å². The summed E-state index contributed by atoms with van der Waals surface area (Å²) in [6.45, 7) is 1.10. The molecule has 2 fully saturated rings. The van der Waals surface area contributed by atoms with Crippen molar-refractivity contribution in [2.24, 2.45) is 0 Å². The molecule has 2 heterocycles. The lowest BCUT2D eigenvalue weighted by Gasteiger charge is -2.38. The van der Waals surface area contributed by atoms with Crippen molar-refractivity contribution >= 4 is 0 Å². The van der Waals surface area contributed by atoms with E-state index in [-0.39, 0.29) is 5.41 Å². The topological polar surface area (TPSA) is 43.4 Å². The van der Waals surface area contributed by atoms with E-state index in [0.717, 1.165) is 6.54 Å². The molecule has 1 saturated carbocycles. The van der Waals surface area contributed by atoms with Crippen LogP contribution in [-0.2, 0) is 5.41 Å². The average Bonchev–Trinajstić information content (AvgIpc) is 2.91. The van der Waals surface area contributed by atoms with E-state index >= 15 is 0 Å². The van der Waals surface area contributed by atoms with Crippen molar-refractivity contribution in [3.63, 3.8) is 0 Å². The van der Waals surface area contributed by atoms with Crippen LogP contribution < -0.4 is 14.8 Å². The van der Waals surface area contributed by atoms with E-state index in [1.807, 2.05) is 6.07 Å². The van der Waals surface area contributed by atoms with Crippen LogP contribution in [0.5, 0.6) is 11.6 Å². The number of hydrogen-bond acceptors (Lipinski definition) is 4. The van der Waals surface area contributed by atoms with E-state index in [9.17, 15) is 0 Å². The second kappa shape index (κ2) is 5.00. The Hall–Kier alpha value is -1.29. The maximum atomic E-state index is 5.36. The molecule has 0 aromatic carbocycles. The number of aromatic nitrogens is 1. The van der Waals surface area contributed by atoms with Gasteiger partial charge >= 0.3 is 0 Å². The first kappa shape index (κ1) is 12.7. The molecule has 1 aromatic rings. The van der Waals surface area contributed by atoms with Crippen molar-refractivity contribution in [3.8, 4) is 11.6 Å². The molecule has 1 aliphatic carbocycles. The second-order valence-electron chi connectivity index (χ2n) is 5.57. The van der Waals surface area contributed by atoms with Crippen molar-refractivity contribution in [1.29, 1.82) is 0 Å². The van der Waals surface area contributed by atoms with E-state index in [1.54, 1.807) is 14.2 Å². The van der Waals surface area contributed by atoms with Gasteiger partial charge in [-0.25, -0.2) is 4.98 Å². The van der Waals surface area contributed by atoms with Gasteiger partial charge in [0.1, 0.15) is 0 Å². The SMILES string of the molecule is COc1ccc(C23CCCC[C@@H]2NCC3)nc1OC. The summed E-state index contributed by atoms with van der Waals surface area (Å²) in [6.07, 6.45) is 6.30. The Morgan fingerprint density at radius 1 is 1.21 bits per heavy atom. The summed E-state index contributed by atoms with van der Waals surface area (Å²) < 4.78 is 10.6. The van der Waals surface area contributed by atoms with Gasteiger partial charge in [0.15, 0.2) is 5.75 Å². The van der Waals surface area contributed by atoms with Gasteiger partial charge in [-0.15, -0.1) is 0 Å². The van der Waals surface area contributed by atoms with Crippen molar-refractivity contribution in [2.75, 3.05) is 20.8 Å². The number of methoxy groups -OCH3 is 2. The van der Waals surface area contributed by atoms with E-state index in [2.05, 4.69) is 11.4 Å². The minimum Gasteiger partial charge on any atom is -0.491 e. The zero-order valence-electron chi connectivity index (χ0n) is 11.7. The molecule has 1 unspecified atom stereocenters. The maximum absolute atomic E-state index is 5.36. The molecule has 19 heavy (non-hydrogen) atoms. The van der Waals surface area contributed by atoms with Crippen molar-refractivity contribution in [1.82, 2.24) is 10.3 Å². The van der Waals surface area contributed by atoms with Crippen molar-refractivity contribution in [2.45, 2.75) is 43.6 Å². The van der Waals surface area contributed by atoms with Gasteiger partial charge in [0, 0.05) is 11.5 Å². The van der Waals surface area contributed by atoms with Crippen LogP contribution in [0.15, 0.2) is 12.1 Å². The highest BCUT2D eigenvalue weighted by Gasteiger charge is 2.46. The Labute approximate surface area is 114 Å². The Kier molecular flexibility index (Phi) is 3.35. The Bertz CT molecular complexity index is 463. The van der Waals surface area contributed by atoms with Crippen molar-refractivity contribution in [3.05, 3.63) is 17.8 Å². The third-order valence-electron chi connectivity index (χ3n) is 4.74.